The number of hydrogen-bond donors (Lipinski definition) is 0. The van der Waals surface area contributed by atoms with Crippen molar-refractivity contribution in [2.24, 2.45) is 22.7 Å². The van der Waals surface area contributed by atoms with Crippen LogP contribution in [0.2, 0.25) is 0 Å². The first-order valence-electron chi connectivity index (χ1n) is 14.2. The summed E-state index contributed by atoms with van der Waals surface area (Å²) in [5.41, 5.74) is 10.5. The molecule has 10 rings (SSSR count). The molecule has 4 heteroatoms. The largest absolute Gasteiger partial charge is 0.255 e. The summed E-state index contributed by atoms with van der Waals surface area (Å²) < 4.78 is 0. The third-order valence-corrected chi connectivity index (χ3v) is 11.2. The summed E-state index contributed by atoms with van der Waals surface area (Å²) in [6.07, 6.45) is 10.7. The smallest absolute Gasteiger partial charge is 0.0889 e. The van der Waals surface area contributed by atoms with Gasteiger partial charge in [-0.15, -0.1) is 0 Å². The van der Waals surface area contributed by atoms with E-state index in [2.05, 4.69) is 86.5 Å². The first kappa shape index (κ1) is 22.6. The lowest BCUT2D eigenvalue weighted by molar-refractivity contribution is -0.0648. The molecule has 2 saturated carbocycles. The Kier molecular flexibility index (Phi) is 4.51. The summed E-state index contributed by atoms with van der Waals surface area (Å²) in [5.74, 6) is 3.46. The second-order valence-corrected chi connectivity index (χ2v) is 13.3. The molecule has 4 bridgehead atoms. The van der Waals surface area contributed by atoms with E-state index in [1.807, 2.05) is 24.5 Å². The summed E-state index contributed by atoms with van der Waals surface area (Å²) in [6.45, 7) is 10.00. The number of fused-ring (bicyclic) bond motifs is 1. The molecule has 0 saturated heterocycles. The molecular weight excluding hydrogens is 464 g/mol. The molecule has 0 unspecified atom stereocenters. The van der Waals surface area contributed by atoms with Crippen LogP contribution in [0.5, 0.6) is 0 Å². The van der Waals surface area contributed by atoms with Crippen LogP contribution < -0.4 is 0 Å². The van der Waals surface area contributed by atoms with Crippen molar-refractivity contribution in [2.45, 2.75) is 64.2 Å². The molecule has 0 radical (unpaired) electrons. The molecule has 4 aromatic rings. The van der Waals surface area contributed by atoms with E-state index in [1.54, 1.807) is 0 Å². The Hall–Kier alpha value is -3.40. The maximum absolute atomic E-state index is 4.96. The van der Waals surface area contributed by atoms with Crippen LogP contribution in [-0.2, 0) is 0 Å². The Morgan fingerprint density at radius 1 is 0.553 bits per heavy atom. The molecule has 4 aromatic heterocycles. The van der Waals surface area contributed by atoms with Gasteiger partial charge in [0, 0.05) is 24.8 Å². The van der Waals surface area contributed by atoms with Gasteiger partial charge in [0.1, 0.15) is 0 Å². The predicted octanol–water partition coefficient (Wildman–Crippen LogP) is 7.75. The van der Waals surface area contributed by atoms with Crippen molar-refractivity contribution in [2.75, 3.05) is 0 Å². The second-order valence-electron chi connectivity index (χ2n) is 13.3. The number of aromatic nitrogens is 4. The first-order chi connectivity index (χ1) is 18.4. The summed E-state index contributed by atoms with van der Waals surface area (Å²) in [5, 5.41) is 0. The van der Waals surface area contributed by atoms with Gasteiger partial charge in [0.2, 0.25) is 0 Å². The van der Waals surface area contributed by atoms with Gasteiger partial charge in [-0.3, -0.25) is 19.9 Å². The molecule has 6 aliphatic carbocycles. The first-order valence-corrected chi connectivity index (χ1v) is 14.2. The molecule has 190 valence electrons. The Balaban J connectivity index is 1.33. The fourth-order valence-corrected chi connectivity index (χ4v) is 8.95. The third kappa shape index (κ3) is 2.86. The van der Waals surface area contributed by atoms with Gasteiger partial charge >= 0.3 is 0 Å². The standard InChI is InChI=1S/C34H34N4/c1-33(2)23-15-25(33)31(19-13-29(37-17-21(19)23)27-9-5-7-11-35-27)32-20-14-30(28-10-6-8-12-36-28)38-18-22(20)24-16-26(32)34(24,3)4/h5-14,17-18,23-26,31-32H,15-16H2,1-4H3/t23-,24-,25+,26+,31-,32+/m0/s1. The molecule has 0 amide bonds. The molecule has 0 N–H and O–H groups in total. The summed E-state index contributed by atoms with van der Waals surface area (Å²) in [4.78, 5) is 19.2. The zero-order valence-corrected chi connectivity index (χ0v) is 22.6. The van der Waals surface area contributed by atoms with Crippen molar-refractivity contribution in [3.8, 4) is 22.8 Å². The molecule has 2 fully saturated rings. The maximum Gasteiger partial charge on any atom is 0.0889 e. The Bertz CT molecular complexity index is 1440. The molecule has 0 aliphatic heterocycles. The monoisotopic (exact) mass is 498 g/mol. The fourth-order valence-electron chi connectivity index (χ4n) is 8.95. The van der Waals surface area contributed by atoms with Gasteiger partial charge < -0.3 is 0 Å². The van der Waals surface area contributed by atoms with Crippen LogP contribution in [0.15, 0.2) is 73.3 Å². The second kappa shape index (κ2) is 7.59. The maximum atomic E-state index is 4.96. The van der Waals surface area contributed by atoms with E-state index < -0.39 is 0 Å². The summed E-state index contributed by atoms with van der Waals surface area (Å²) in [6, 6.07) is 17.0. The van der Waals surface area contributed by atoms with Crippen LogP contribution in [0, 0.1) is 22.7 Å². The predicted molar refractivity (Wildman–Crippen MR) is 150 cm³/mol. The highest BCUT2D eigenvalue weighted by molar-refractivity contribution is 5.61. The van der Waals surface area contributed by atoms with Gasteiger partial charge in [-0.05, 0) is 118 Å². The topological polar surface area (TPSA) is 51.6 Å². The lowest BCUT2D eigenvalue weighted by atomic mass is 9.36. The van der Waals surface area contributed by atoms with E-state index in [4.69, 9.17) is 9.97 Å². The van der Waals surface area contributed by atoms with Crippen LogP contribution in [0.3, 0.4) is 0 Å². The minimum absolute atomic E-state index is 0.285. The van der Waals surface area contributed by atoms with E-state index in [-0.39, 0.29) is 10.8 Å². The summed E-state index contributed by atoms with van der Waals surface area (Å²) in [7, 11) is 0. The number of hydrogen-bond acceptors (Lipinski definition) is 4. The molecular formula is C34H34N4. The van der Waals surface area contributed by atoms with Crippen LogP contribution in [0.4, 0.5) is 0 Å². The average Bonchev–Trinajstić information content (AvgIpc) is 2.95. The van der Waals surface area contributed by atoms with Crippen molar-refractivity contribution < 1.29 is 0 Å². The van der Waals surface area contributed by atoms with Crippen LogP contribution in [-0.4, -0.2) is 19.9 Å². The van der Waals surface area contributed by atoms with Crippen molar-refractivity contribution >= 4 is 0 Å². The van der Waals surface area contributed by atoms with Crippen molar-refractivity contribution in [1.82, 2.24) is 19.9 Å². The van der Waals surface area contributed by atoms with Gasteiger partial charge in [-0.2, -0.15) is 0 Å². The highest BCUT2D eigenvalue weighted by Gasteiger charge is 2.64. The number of nitrogens with zero attached hydrogens (tertiary/aromatic N) is 4. The van der Waals surface area contributed by atoms with E-state index >= 15 is 0 Å². The van der Waals surface area contributed by atoms with Crippen LogP contribution in [0.25, 0.3) is 22.8 Å². The van der Waals surface area contributed by atoms with Crippen LogP contribution >= 0.6 is 0 Å². The molecule has 38 heavy (non-hydrogen) atoms. The molecule has 4 nitrogen and oxygen atoms in total. The van der Waals surface area contributed by atoms with Gasteiger partial charge in [-0.1, -0.05) is 39.8 Å². The quantitative estimate of drug-likeness (QED) is 0.290. The van der Waals surface area contributed by atoms with E-state index in [0.717, 1.165) is 22.8 Å². The van der Waals surface area contributed by atoms with Crippen molar-refractivity contribution in [3.63, 3.8) is 0 Å². The molecule has 0 aromatic carbocycles. The van der Waals surface area contributed by atoms with Crippen molar-refractivity contribution in [1.29, 1.82) is 0 Å². The minimum atomic E-state index is 0.285. The van der Waals surface area contributed by atoms with Gasteiger partial charge in [0.15, 0.2) is 0 Å². The lowest BCUT2D eigenvalue weighted by Crippen LogP contribution is -2.57. The van der Waals surface area contributed by atoms with Gasteiger partial charge in [-0.25, -0.2) is 0 Å². The summed E-state index contributed by atoms with van der Waals surface area (Å²) >= 11 is 0. The SMILES string of the molecule is CC1(C)[C@@H]2C[C@H]1c1cnc(-c3ccccn3)cc1[C@@H]2[C@@H]1c2cc(-c3ccccn3)ncc2[C@@H]2C[C@H]1C2(C)C. The Morgan fingerprint density at radius 2 is 1.00 bits per heavy atom. The third-order valence-electron chi connectivity index (χ3n) is 11.2. The molecule has 6 atom stereocenters. The Morgan fingerprint density at radius 3 is 1.37 bits per heavy atom. The minimum Gasteiger partial charge on any atom is -0.255 e. The van der Waals surface area contributed by atoms with E-state index in [0.29, 0.717) is 35.5 Å². The number of rotatable bonds is 3. The lowest BCUT2D eigenvalue weighted by Gasteiger charge is -2.67. The zero-order chi connectivity index (χ0) is 25.8. The van der Waals surface area contributed by atoms with E-state index in [9.17, 15) is 0 Å². The van der Waals surface area contributed by atoms with Crippen LogP contribution in [0.1, 0.15) is 86.5 Å². The normalized spacial score (nSPS) is 30.8. The number of pyridine rings is 4. The molecule has 6 aliphatic rings. The highest BCUT2D eigenvalue weighted by atomic mass is 14.8. The zero-order valence-electron chi connectivity index (χ0n) is 22.6. The Labute approximate surface area is 225 Å². The fraction of sp³-hybridized carbons (Fsp3) is 0.412. The molecule has 4 heterocycles. The van der Waals surface area contributed by atoms with Gasteiger partial charge in [0.05, 0.1) is 22.8 Å². The average molecular weight is 499 g/mol. The van der Waals surface area contributed by atoms with Crippen molar-refractivity contribution in [3.05, 3.63) is 95.6 Å². The highest BCUT2D eigenvalue weighted by Crippen LogP contribution is 2.75. The van der Waals surface area contributed by atoms with Gasteiger partial charge in [0.25, 0.3) is 0 Å². The van der Waals surface area contributed by atoms with E-state index in [1.165, 1.54) is 35.1 Å². The molecule has 0 spiro atoms.